The number of nitrogens with zero attached hydrogens (tertiary/aromatic N) is 5. The van der Waals surface area contributed by atoms with Gasteiger partial charge in [0, 0.05) is 36.0 Å². The van der Waals surface area contributed by atoms with Crippen LogP contribution in [-0.4, -0.2) is 51.2 Å². The quantitative estimate of drug-likeness (QED) is 0.345. The molecule has 0 aliphatic heterocycles. The van der Waals surface area contributed by atoms with Crippen LogP contribution in [0.15, 0.2) is 79.4 Å². The molecule has 0 radical (unpaired) electrons. The summed E-state index contributed by atoms with van der Waals surface area (Å²) in [6.45, 7) is 0.972. The van der Waals surface area contributed by atoms with E-state index in [0.717, 1.165) is 28.0 Å². The highest BCUT2D eigenvalue weighted by Crippen LogP contribution is 2.26. The number of benzene rings is 2. The minimum atomic E-state index is -0.176. The number of carbonyl (C=O) groups is 1. The van der Waals surface area contributed by atoms with Crippen LogP contribution in [0.3, 0.4) is 0 Å². The van der Waals surface area contributed by atoms with Crippen LogP contribution in [0.25, 0.3) is 16.7 Å². The van der Waals surface area contributed by atoms with Gasteiger partial charge in [-0.1, -0.05) is 18.2 Å². The second kappa shape index (κ2) is 10.3. The van der Waals surface area contributed by atoms with E-state index in [-0.39, 0.29) is 5.91 Å². The third-order valence-corrected chi connectivity index (χ3v) is 5.91. The molecule has 0 unspecified atom stereocenters. The Morgan fingerprint density at radius 2 is 1.83 bits per heavy atom. The van der Waals surface area contributed by atoms with E-state index < -0.39 is 0 Å². The minimum Gasteiger partial charge on any atom is -0.497 e. The van der Waals surface area contributed by atoms with Gasteiger partial charge in [-0.15, -0.1) is 0 Å². The summed E-state index contributed by atoms with van der Waals surface area (Å²) in [5.74, 6) is 1.26. The van der Waals surface area contributed by atoms with Gasteiger partial charge in [-0.25, -0.2) is 14.3 Å². The van der Waals surface area contributed by atoms with Gasteiger partial charge in [0.05, 0.1) is 44.4 Å². The Morgan fingerprint density at radius 3 is 2.64 bits per heavy atom. The van der Waals surface area contributed by atoms with Crippen LogP contribution in [0, 0.1) is 0 Å². The molecular weight excluding hydrogens is 456 g/mol. The number of methoxy groups -OCH3 is 2. The Bertz CT molecular complexity index is 1490. The Hall–Kier alpha value is -4.66. The molecule has 9 nitrogen and oxygen atoms in total. The number of fused-ring (bicyclic) bond motifs is 1. The molecule has 0 fully saturated rings. The zero-order chi connectivity index (χ0) is 24.9. The average molecular weight is 483 g/mol. The van der Waals surface area contributed by atoms with Gasteiger partial charge >= 0.3 is 0 Å². The van der Waals surface area contributed by atoms with Crippen molar-refractivity contribution in [2.24, 2.45) is 0 Å². The molecule has 5 aromatic rings. The third kappa shape index (κ3) is 4.90. The molecule has 0 atom stereocenters. The Labute approximate surface area is 208 Å². The predicted octanol–water partition coefficient (Wildman–Crippen LogP) is 3.66. The summed E-state index contributed by atoms with van der Waals surface area (Å²) in [5.41, 5.74) is 4.17. The maximum atomic E-state index is 12.7. The second-order valence-electron chi connectivity index (χ2n) is 8.25. The first-order valence-corrected chi connectivity index (χ1v) is 11.5. The zero-order valence-corrected chi connectivity index (χ0v) is 20.1. The fraction of sp³-hybridized carbons (Fsp3) is 0.185. The summed E-state index contributed by atoms with van der Waals surface area (Å²) in [7, 11) is 3.24. The molecule has 0 bridgehead atoms. The van der Waals surface area contributed by atoms with Crippen LogP contribution in [0.5, 0.6) is 11.5 Å². The Balaban J connectivity index is 1.22. The monoisotopic (exact) mass is 482 g/mol. The first-order valence-electron chi connectivity index (χ1n) is 11.5. The lowest BCUT2D eigenvalue weighted by Crippen LogP contribution is -2.25. The van der Waals surface area contributed by atoms with Crippen LogP contribution in [0.4, 0.5) is 0 Å². The molecule has 9 heteroatoms. The van der Waals surface area contributed by atoms with Crippen molar-refractivity contribution in [3.8, 4) is 17.2 Å². The van der Waals surface area contributed by atoms with Crippen molar-refractivity contribution in [2.75, 3.05) is 20.8 Å². The topological polar surface area (TPSA) is 96.1 Å². The number of ether oxygens (including phenoxy) is 2. The molecular formula is C27H26N6O3. The maximum absolute atomic E-state index is 12.7. The van der Waals surface area contributed by atoms with Crippen LogP contribution >= 0.6 is 0 Å². The second-order valence-corrected chi connectivity index (χ2v) is 8.25. The number of hydrogen-bond acceptors (Lipinski definition) is 6. The van der Waals surface area contributed by atoms with Crippen molar-refractivity contribution < 1.29 is 14.3 Å². The first-order chi connectivity index (χ1) is 17.6. The molecule has 5 rings (SSSR count). The van der Waals surface area contributed by atoms with Crippen molar-refractivity contribution in [1.29, 1.82) is 0 Å². The van der Waals surface area contributed by atoms with Gasteiger partial charge in [-0.3, -0.25) is 4.79 Å². The highest BCUT2D eigenvalue weighted by Gasteiger charge is 2.13. The van der Waals surface area contributed by atoms with E-state index in [1.54, 1.807) is 37.4 Å². The van der Waals surface area contributed by atoms with Crippen LogP contribution < -0.4 is 14.8 Å². The molecule has 0 aliphatic carbocycles. The fourth-order valence-electron chi connectivity index (χ4n) is 3.99. The number of rotatable bonds is 9. The van der Waals surface area contributed by atoms with Gasteiger partial charge < -0.3 is 14.8 Å². The fourth-order valence-corrected chi connectivity index (χ4v) is 3.99. The van der Waals surface area contributed by atoms with Crippen molar-refractivity contribution in [2.45, 2.75) is 13.0 Å². The number of para-hydroxylation sites is 1. The SMILES string of the molecule is COc1ccc(Cn2ncc3cc(C(=O)NCCc4cnn(-c5ccccc5)c4)cnc32)c(OC)c1. The lowest BCUT2D eigenvalue weighted by atomic mass is 10.2. The van der Waals surface area contributed by atoms with E-state index in [1.807, 2.05) is 65.6 Å². The molecule has 182 valence electrons. The number of pyridine rings is 1. The molecule has 36 heavy (non-hydrogen) atoms. The van der Waals surface area contributed by atoms with Gasteiger partial charge in [0.2, 0.25) is 0 Å². The molecule has 0 aliphatic rings. The van der Waals surface area contributed by atoms with Crippen LogP contribution in [0.1, 0.15) is 21.5 Å². The molecule has 0 saturated carbocycles. The van der Waals surface area contributed by atoms with Crippen molar-refractivity contribution in [3.05, 3.63) is 96.1 Å². The molecule has 0 saturated heterocycles. The molecule has 0 spiro atoms. The van der Waals surface area contributed by atoms with Crippen LogP contribution in [0.2, 0.25) is 0 Å². The van der Waals surface area contributed by atoms with Gasteiger partial charge in [-0.2, -0.15) is 10.2 Å². The van der Waals surface area contributed by atoms with Gasteiger partial charge in [-0.05, 0) is 42.3 Å². The smallest absolute Gasteiger partial charge is 0.252 e. The van der Waals surface area contributed by atoms with Crippen molar-refractivity contribution >= 4 is 16.9 Å². The normalized spacial score (nSPS) is 10.9. The lowest BCUT2D eigenvalue weighted by molar-refractivity contribution is 0.0954. The van der Waals surface area contributed by atoms with Gasteiger partial charge in [0.1, 0.15) is 11.5 Å². The summed E-state index contributed by atoms with van der Waals surface area (Å²) in [6, 6.07) is 17.4. The molecule has 1 N–H and O–H groups in total. The number of aromatic nitrogens is 5. The number of carbonyl (C=O) groups excluding carboxylic acids is 1. The van der Waals surface area contributed by atoms with E-state index in [2.05, 4.69) is 20.5 Å². The summed E-state index contributed by atoms with van der Waals surface area (Å²) in [4.78, 5) is 17.2. The standard InChI is InChI=1S/C27H26N6O3/c1-35-24-9-8-20(25(13-24)36-2)18-33-26-21(16-31-33)12-22(15-29-26)27(34)28-11-10-19-14-30-32(17-19)23-6-4-3-5-7-23/h3-9,12-17H,10-11,18H2,1-2H3,(H,28,34). The summed E-state index contributed by atoms with van der Waals surface area (Å²) < 4.78 is 14.4. The van der Waals surface area contributed by atoms with Gasteiger partial charge in [0.25, 0.3) is 5.91 Å². The predicted molar refractivity (Wildman–Crippen MR) is 136 cm³/mol. The molecule has 3 aromatic heterocycles. The zero-order valence-electron chi connectivity index (χ0n) is 20.1. The van der Waals surface area contributed by atoms with E-state index in [4.69, 9.17) is 9.47 Å². The number of nitrogens with one attached hydrogen (secondary N) is 1. The van der Waals surface area contributed by atoms with E-state index in [9.17, 15) is 4.79 Å². The molecule has 3 heterocycles. The van der Waals surface area contributed by atoms with Crippen molar-refractivity contribution in [3.63, 3.8) is 0 Å². The van der Waals surface area contributed by atoms with E-state index in [0.29, 0.717) is 36.5 Å². The summed E-state index contributed by atoms with van der Waals surface area (Å²) >= 11 is 0. The summed E-state index contributed by atoms with van der Waals surface area (Å²) in [5, 5.41) is 12.6. The highest BCUT2D eigenvalue weighted by atomic mass is 16.5. The largest absolute Gasteiger partial charge is 0.497 e. The van der Waals surface area contributed by atoms with Crippen LogP contribution in [-0.2, 0) is 13.0 Å². The van der Waals surface area contributed by atoms with E-state index in [1.165, 1.54) is 0 Å². The highest BCUT2D eigenvalue weighted by molar-refractivity contribution is 5.96. The Kier molecular flexibility index (Phi) is 6.61. The lowest BCUT2D eigenvalue weighted by Gasteiger charge is -2.11. The average Bonchev–Trinajstić information content (AvgIpc) is 3.56. The molecule has 2 aromatic carbocycles. The number of hydrogen-bond donors (Lipinski definition) is 1. The Morgan fingerprint density at radius 1 is 0.972 bits per heavy atom. The molecule has 1 amide bonds. The third-order valence-electron chi connectivity index (χ3n) is 5.91. The summed E-state index contributed by atoms with van der Waals surface area (Å²) in [6.07, 6.45) is 7.76. The minimum absolute atomic E-state index is 0.176. The van der Waals surface area contributed by atoms with Gasteiger partial charge in [0.15, 0.2) is 5.65 Å². The van der Waals surface area contributed by atoms with E-state index >= 15 is 0 Å². The maximum Gasteiger partial charge on any atom is 0.252 e. The number of amides is 1. The first kappa shape index (κ1) is 23.1. The van der Waals surface area contributed by atoms with Crippen molar-refractivity contribution in [1.82, 2.24) is 29.9 Å².